The monoisotopic (exact) mass is 215 g/mol. The van der Waals surface area contributed by atoms with Crippen molar-refractivity contribution in [3.8, 4) is 0 Å². The Morgan fingerprint density at radius 2 is 1.81 bits per heavy atom. The lowest BCUT2D eigenvalue weighted by Crippen LogP contribution is -2.45. The largest absolute Gasteiger partial charge is 0.325 e. The average molecular weight is 215 g/mol. The zero-order chi connectivity index (χ0) is 11.4. The third kappa shape index (κ3) is 1.34. The molecule has 1 heteroatoms. The van der Waals surface area contributed by atoms with Crippen molar-refractivity contribution in [2.45, 2.75) is 56.9 Å². The molecular weight excluding hydrogens is 194 g/mol. The van der Waals surface area contributed by atoms with E-state index in [1.165, 1.54) is 37.7 Å². The minimum absolute atomic E-state index is 0.0835. The normalized spacial score (nSPS) is 21.9. The second kappa shape index (κ2) is 3.10. The highest BCUT2D eigenvalue weighted by Gasteiger charge is 2.53. The molecule has 0 bridgehead atoms. The van der Waals surface area contributed by atoms with Gasteiger partial charge in [-0.2, -0.15) is 0 Å². The zero-order valence-corrected chi connectivity index (χ0v) is 10.3. The molecule has 1 aromatic rings. The maximum absolute atomic E-state index is 6.35. The van der Waals surface area contributed by atoms with Crippen LogP contribution in [0.25, 0.3) is 0 Å². The summed E-state index contributed by atoms with van der Waals surface area (Å²) in [6, 6.07) is 7.10. The molecule has 1 aromatic carbocycles. The molecule has 0 radical (unpaired) electrons. The van der Waals surface area contributed by atoms with Crippen molar-refractivity contribution in [3.05, 3.63) is 34.9 Å². The first-order valence-corrected chi connectivity index (χ1v) is 6.44. The molecule has 2 aliphatic rings. The van der Waals surface area contributed by atoms with Gasteiger partial charge in [0.2, 0.25) is 0 Å². The summed E-state index contributed by atoms with van der Waals surface area (Å²) in [6.07, 6.45) is 6.39. The molecule has 0 atom stereocenters. The van der Waals surface area contributed by atoms with Gasteiger partial charge in [0.1, 0.15) is 0 Å². The molecule has 1 saturated carbocycles. The predicted molar refractivity (Wildman–Crippen MR) is 67.6 cm³/mol. The van der Waals surface area contributed by atoms with Crippen LogP contribution in [-0.2, 0) is 18.3 Å². The second-order valence-corrected chi connectivity index (χ2v) is 6.14. The molecule has 0 saturated heterocycles. The van der Waals surface area contributed by atoms with Gasteiger partial charge in [0.05, 0.1) is 0 Å². The fourth-order valence-corrected chi connectivity index (χ4v) is 3.30. The van der Waals surface area contributed by atoms with Gasteiger partial charge in [-0.3, -0.25) is 0 Å². The summed E-state index contributed by atoms with van der Waals surface area (Å²) in [5.74, 6) is 0. The topological polar surface area (TPSA) is 26.0 Å². The van der Waals surface area contributed by atoms with Crippen LogP contribution in [0.2, 0.25) is 0 Å². The minimum Gasteiger partial charge on any atom is -0.325 e. The first-order chi connectivity index (χ1) is 7.53. The first-order valence-electron chi connectivity index (χ1n) is 6.44. The quantitative estimate of drug-likeness (QED) is 0.806. The second-order valence-electron chi connectivity index (χ2n) is 6.14. The van der Waals surface area contributed by atoms with E-state index in [2.05, 4.69) is 32.0 Å². The molecule has 0 unspecified atom stereocenters. The Balaban J connectivity index is 2.02. The van der Waals surface area contributed by atoms with Crippen LogP contribution in [0.1, 0.15) is 49.8 Å². The van der Waals surface area contributed by atoms with E-state index >= 15 is 0 Å². The number of benzene rings is 1. The number of fused-ring (bicyclic) bond motifs is 1. The summed E-state index contributed by atoms with van der Waals surface area (Å²) in [5.41, 5.74) is 11.2. The van der Waals surface area contributed by atoms with E-state index in [1.54, 1.807) is 11.1 Å². The summed E-state index contributed by atoms with van der Waals surface area (Å²) < 4.78 is 0. The molecule has 3 rings (SSSR count). The van der Waals surface area contributed by atoms with Gasteiger partial charge in [-0.15, -0.1) is 0 Å². The molecular formula is C15H21N. The Hall–Kier alpha value is -0.820. The van der Waals surface area contributed by atoms with Gasteiger partial charge in [-0.05, 0) is 62.6 Å². The van der Waals surface area contributed by atoms with Crippen LogP contribution in [0.15, 0.2) is 18.2 Å². The van der Waals surface area contributed by atoms with Crippen molar-refractivity contribution >= 4 is 0 Å². The number of aryl methyl sites for hydroxylation is 2. The molecule has 1 fully saturated rings. The number of hydrogen-bond acceptors (Lipinski definition) is 1. The van der Waals surface area contributed by atoms with Crippen LogP contribution in [0.5, 0.6) is 0 Å². The van der Waals surface area contributed by atoms with Crippen molar-refractivity contribution in [3.63, 3.8) is 0 Å². The number of nitrogens with two attached hydrogens (primary N) is 1. The van der Waals surface area contributed by atoms with Crippen molar-refractivity contribution < 1.29 is 0 Å². The highest BCUT2D eigenvalue weighted by Crippen LogP contribution is 2.55. The highest BCUT2D eigenvalue weighted by molar-refractivity contribution is 5.43. The van der Waals surface area contributed by atoms with Gasteiger partial charge < -0.3 is 5.73 Å². The van der Waals surface area contributed by atoms with E-state index < -0.39 is 0 Å². The predicted octanol–water partition coefficient (Wildman–Crippen LogP) is 2.94. The van der Waals surface area contributed by atoms with Gasteiger partial charge >= 0.3 is 0 Å². The third-order valence-corrected chi connectivity index (χ3v) is 4.63. The van der Waals surface area contributed by atoms with E-state index in [0.717, 1.165) is 0 Å². The van der Waals surface area contributed by atoms with Crippen LogP contribution in [-0.4, -0.2) is 5.54 Å². The average Bonchev–Trinajstić information content (AvgIpc) is 2.91. The van der Waals surface area contributed by atoms with Crippen LogP contribution >= 0.6 is 0 Å². The minimum atomic E-state index is -0.0835. The molecule has 2 aliphatic carbocycles. The summed E-state index contributed by atoms with van der Waals surface area (Å²) in [5, 5.41) is 0. The first kappa shape index (κ1) is 10.3. The molecule has 16 heavy (non-hydrogen) atoms. The molecule has 0 aliphatic heterocycles. The molecule has 2 N–H and O–H groups in total. The van der Waals surface area contributed by atoms with Gasteiger partial charge in [0, 0.05) is 11.0 Å². The Morgan fingerprint density at radius 1 is 1.12 bits per heavy atom. The number of hydrogen-bond donors (Lipinski definition) is 1. The maximum Gasteiger partial charge on any atom is 0.0195 e. The van der Waals surface area contributed by atoms with Gasteiger partial charge in [-0.1, -0.05) is 18.2 Å². The van der Waals surface area contributed by atoms with Crippen LogP contribution < -0.4 is 5.73 Å². The molecule has 0 amide bonds. The van der Waals surface area contributed by atoms with Crippen molar-refractivity contribution in [1.82, 2.24) is 0 Å². The molecule has 1 nitrogen and oxygen atoms in total. The van der Waals surface area contributed by atoms with Crippen molar-refractivity contribution in [2.75, 3.05) is 0 Å². The summed E-state index contributed by atoms with van der Waals surface area (Å²) in [7, 11) is 0. The molecule has 0 heterocycles. The van der Waals surface area contributed by atoms with Gasteiger partial charge in [0.15, 0.2) is 0 Å². The smallest absolute Gasteiger partial charge is 0.0195 e. The fourth-order valence-electron chi connectivity index (χ4n) is 3.30. The van der Waals surface area contributed by atoms with E-state index in [9.17, 15) is 0 Å². The van der Waals surface area contributed by atoms with Gasteiger partial charge in [0.25, 0.3) is 0 Å². The SMILES string of the molecule is CC(C)(N)C1(c2ccc3c(c2)CCC3)CC1. The van der Waals surface area contributed by atoms with E-state index in [0.29, 0.717) is 0 Å². The van der Waals surface area contributed by atoms with Gasteiger partial charge in [-0.25, -0.2) is 0 Å². The lowest BCUT2D eigenvalue weighted by atomic mass is 9.78. The van der Waals surface area contributed by atoms with Crippen LogP contribution in [0.4, 0.5) is 0 Å². The van der Waals surface area contributed by atoms with Crippen LogP contribution in [0, 0.1) is 0 Å². The lowest BCUT2D eigenvalue weighted by Gasteiger charge is -2.31. The zero-order valence-electron chi connectivity index (χ0n) is 10.3. The van der Waals surface area contributed by atoms with E-state index in [4.69, 9.17) is 5.73 Å². The number of rotatable bonds is 2. The third-order valence-electron chi connectivity index (χ3n) is 4.63. The summed E-state index contributed by atoms with van der Waals surface area (Å²) in [4.78, 5) is 0. The summed E-state index contributed by atoms with van der Waals surface area (Å²) in [6.45, 7) is 4.35. The van der Waals surface area contributed by atoms with Crippen molar-refractivity contribution in [2.24, 2.45) is 5.73 Å². The molecule has 86 valence electrons. The summed E-state index contributed by atoms with van der Waals surface area (Å²) >= 11 is 0. The van der Waals surface area contributed by atoms with Crippen LogP contribution in [0.3, 0.4) is 0 Å². The van der Waals surface area contributed by atoms with E-state index in [-0.39, 0.29) is 11.0 Å². The van der Waals surface area contributed by atoms with Crippen molar-refractivity contribution in [1.29, 1.82) is 0 Å². The highest BCUT2D eigenvalue weighted by atomic mass is 14.8. The Bertz CT molecular complexity index is 422. The lowest BCUT2D eigenvalue weighted by molar-refractivity contribution is 0.391. The van der Waals surface area contributed by atoms with E-state index in [1.807, 2.05) is 0 Å². The standard InChI is InChI=1S/C15H21N/c1-14(2,16)15(8-9-15)13-7-6-11-4-3-5-12(11)10-13/h6-7,10H,3-5,8-9,16H2,1-2H3. The Labute approximate surface area is 98.0 Å². The molecule has 0 aromatic heterocycles. The fraction of sp³-hybridized carbons (Fsp3) is 0.600. The Kier molecular flexibility index (Phi) is 2.00. The Morgan fingerprint density at radius 3 is 2.44 bits per heavy atom. The maximum atomic E-state index is 6.35. The molecule has 0 spiro atoms.